The number of aliphatic hydroxyl groups excluding tert-OH is 1. The Bertz CT molecular complexity index is 529. The highest BCUT2D eigenvalue weighted by molar-refractivity contribution is 6.31. The lowest BCUT2D eigenvalue weighted by Gasteiger charge is -2.25. The maximum atomic E-state index is 14.1. The summed E-state index contributed by atoms with van der Waals surface area (Å²) in [6, 6.07) is 4.66. The molecule has 0 spiro atoms. The van der Waals surface area contributed by atoms with Crippen LogP contribution in [0.15, 0.2) is 18.2 Å². The van der Waals surface area contributed by atoms with Gasteiger partial charge in [-0.15, -0.1) is 0 Å². The van der Waals surface area contributed by atoms with Crippen molar-refractivity contribution in [2.75, 3.05) is 6.54 Å². The zero-order chi connectivity index (χ0) is 14.7. The van der Waals surface area contributed by atoms with Crippen molar-refractivity contribution < 1.29 is 9.50 Å². The lowest BCUT2D eigenvalue weighted by atomic mass is 9.86. The first-order chi connectivity index (χ1) is 10.1. The summed E-state index contributed by atoms with van der Waals surface area (Å²) in [5.74, 6) is 2.43. The standard InChI is InChI=1S/C17H21ClFNO/c18-11-2-1-3-12(19)15(11)10(7-20)17(21)16-13-8-4-5-9(6-8)14(13)16/h1-3,8-10,13-14,16-17,21H,4-7,20H2. The van der Waals surface area contributed by atoms with E-state index in [4.69, 9.17) is 17.3 Å². The Morgan fingerprint density at radius 2 is 1.95 bits per heavy atom. The first kappa shape index (κ1) is 14.0. The molecule has 0 amide bonds. The molecule has 3 fully saturated rings. The van der Waals surface area contributed by atoms with E-state index in [0.717, 1.165) is 11.8 Å². The minimum absolute atomic E-state index is 0.229. The molecule has 21 heavy (non-hydrogen) atoms. The maximum absolute atomic E-state index is 14.1. The molecule has 114 valence electrons. The minimum Gasteiger partial charge on any atom is -0.392 e. The maximum Gasteiger partial charge on any atom is 0.128 e. The molecule has 0 heterocycles. The van der Waals surface area contributed by atoms with Gasteiger partial charge in [0.05, 0.1) is 6.10 Å². The van der Waals surface area contributed by atoms with Gasteiger partial charge in [-0.05, 0) is 61.0 Å². The first-order valence-corrected chi connectivity index (χ1v) is 8.33. The van der Waals surface area contributed by atoms with E-state index in [0.29, 0.717) is 28.3 Å². The Hall–Kier alpha value is -0.640. The molecule has 6 unspecified atom stereocenters. The van der Waals surface area contributed by atoms with Crippen LogP contribution in [-0.4, -0.2) is 17.8 Å². The van der Waals surface area contributed by atoms with Crippen molar-refractivity contribution in [1.29, 1.82) is 0 Å². The normalized spacial score (nSPS) is 39.1. The highest BCUT2D eigenvalue weighted by atomic mass is 35.5. The largest absolute Gasteiger partial charge is 0.392 e. The monoisotopic (exact) mass is 309 g/mol. The Labute approximate surface area is 129 Å². The van der Waals surface area contributed by atoms with Crippen molar-refractivity contribution in [2.24, 2.45) is 35.3 Å². The van der Waals surface area contributed by atoms with Crippen LogP contribution < -0.4 is 5.73 Å². The van der Waals surface area contributed by atoms with E-state index in [1.807, 2.05) is 0 Å². The van der Waals surface area contributed by atoms with Gasteiger partial charge in [-0.3, -0.25) is 0 Å². The summed E-state index contributed by atoms with van der Waals surface area (Å²) in [4.78, 5) is 0. The fourth-order valence-corrected chi connectivity index (χ4v) is 5.71. The molecule has 6 atom stereocenters. The summed E-state index contributed by atoms with van der Waals surface area (Å²) in [6.45, 7) is 0.229. The smallest absolute Gasteiger partial charge is 0.128 e. The van der Waals surface area contributed by atoms with Gasteiger partial charge in [-0.2, -0.15) is 0 Å². The van der Waals surface area contributed by atoms with Crippen LogP contribution in [0, 0.1) is 35.4 Å². The van der Waals surface area contributed by atoms with Crippen LogP contribution in [0.4, 0.5) is 4.39 Å². The van der Waals surface area contributed by atoms with Gasteiger partial charge in [-0.1, -0.05) is 17.7 Å². The highest BCUT2D eigenvalue weighted by Crippen LogP contribution is 2.71. The molecule has 3 aliphatic rings. The SMILES string of the molecule is NCC(c1c(F)cccc1Cl)C(O)C1C2C3CCC(C3)C21. The zero-order valence-electron chi connectivity index (χ0n) is 11.9. The average molecular weight is 310 g/mol. The van der Waals surface area contributed by atoms with E-state index in [9.17, 15) is 9.50 Å². The van der Waals surface area contributed by atoms with Crippen molar-refractivity contribution in [3.63, 3.8) is 0 Å². The molecule has 3 aliphatic carbocycles. The van der Waals surface area contributed by atoms with Crippen LogP contribution in [0.5, 0.6) is 0 Å². The van der Waals surface area contributed by atoms with Crippen molar-refractivity contribution >= 4 is 11.6 Å². The molecular weight excluding hydrogens is 289 g/mol. The van der Waals surface area contributed by atoms with E-state index < -0.39 is 12.0 Å². The molecule has 0 saturated heterocycles. The molecule has 4 heteroatoms. The van der Waals surface area contributed by atoms with Gasteiger partial charge in [0.2, 0.25) is 0 Å². The molecule has 4 rings (SSSR count). The van der Waals surface area contributed by atoms with Gasteiger partial charge in [0.15, 0.2) is 0 Å². The summed E-state index contributed by atoms with van der Waals surface area (Å²) >= 11 is 6.16. The average Bonchev–Trinajstić information content (AvgIpc) is 2.90. The van der Waals surface area contributed by atoms with Crippen molar-refractivity contribution in [3.05, 3.63) is 34.6 Å². The van der Waals surface area contributed by atoms with Crippen molar-refractivity contribution in [1.82, 2.24) is 0 Å². The molecular formula is C17H21ClFNO. The molecule has 0 aromatic heterocycles. The third kappa shape index (κ3) is 1.97. The van der Waals surface area contributed by atoms with Crippen LogP contribution in [0.25, 0.3) is 0 Å². The number of benzene rings is 1. The third-order valence-electron chi connectivity index (χ3n) is 6.23. The fourth-order valence-electron chi connectivity index (χ4n) is 5.41. The van der Waals surface area contributed by atoms with Crippen LogP contribution in [0.2, 0.25) is 5.02 Å². The molecule has 2 nitrogen and oxygen atoms in total. The van der Waals surface area contributed by atoms with Gasteiger partial charge in [0, 0.05) is 23.0 Å². The molecule has 3 saturated carbocycles. The summed E-state index contributed by atoms with van der Waals surface area (Å²) in [6.07, 6.45) is 3.39. The Morgan fingerprint density at radius 3 is 2.52 bits per heavy atom. The van der Waals surface area contributed by atoms with Crippen molar-refractivity contribution in [3.8, 4) is 0 Å². The van der Waals surface area contributed by atoms with Crippen LogP contribution in [0.3, 0.4) is 0 Å². The quantitative estimate of drug-likeness (QED) is 0.897. The van der Waals surface area contributed by atoms with Gasteiger partial charge in [0.25, 0.3) is 0 Å². The molecule has 3 N–H and O–H groups in total. The third-order valence-corrected chi connectivity index (χ3v) is 6.56. The zero-order valence-corrected chi connectivity index (χ0v) is 12.6. The number of rotatable bonds is 4. The lowest BCUT2D eigenvalue weighted by molar-refractivity contribution is 0.101. The predicted octanol–water partition coefficient (Wildman–Crippen LogP) is 3.17. The van der Waals surface area contributed by atoms with E-state index in [2.05, 4.69) is 0 Å². The summed E-state index contributed by atoms with van der Waals surface area (Å²) in [7, 11) is 0. The number of aliphatic hydroxyl groups is 1. The second-order valence-corrected chi connectivity index (χ2v) is 7.44. The van der Waals surface area contributed by atoms with E-state index in [1.165, 1.54) is 25.3 Å². The Morgan fingerprint density at radius 1 is 1.29 bits per heavy atom. The first-order valence-electron chi connectivity index (χ1n) is 7.95. The summed E-state index contributed by atoms with van der Waals surface area (Å²) < 4.78 is 14.1. The molecule has 1 aromatic rings. The second kappa shape index (κ2) is 4.94. The number of halogens is 2. The Balaban J connectivity index is 1.60. The van der Waals surface area contributed by atoms with Gasteiger partial charge in [-0.25, -0.2) is 4.39 Å². The van der Waals surface area contributed by atoms with Crippen LogP contribution >= 0.6 is 11.6 Å². The number of nitrogens with two attached hydrogens (primary N) is 1. The Kier molecular flexibility index (Phi) is 3.29. The molecule has 1 aromatic carbocycles. The lowest BCUT2D eigenvalue weighted by Crippen LogP contribution is -2.30. The second-order valence-electron chi connectivity index (χ2n) is 7.03. The highest BCUT2D eigenvalue weighted by Gasteiger charge is 2.67. The topological polar surface area (TPSA) is 46.2 Å². The molecule has 0 radical (unpaired) electrons. The fraction of sp³-hybridized carbons (Fsp3) is 0.647. The van der Waals surface area contributed by atoms with E-state index >= 15 is 0 Å². The minimum atomic E-state index is -0.567. The summed E-state index contributed by atoms with van der Waals surface area (Å²) in [5, 5.41) is 11.2. The van der Waals surface area contributed by atoms with Crippen LogP contribution in [0.1, 0.15) is 30.7 Å². The van der Waals surface area contributed by atoms with Gasteiger partial charge in [0.1, 0.15) is 5.82 Å². The van der Waals surface area contributed by atoms with Crippen LogP contribution in [-0.2, 0) is 0 Å². The predicted molar refractivity (Wildman–Crippen MR) is 80.5 cm³/mol. The number of hydrogen-bond acceptors (Lipinski definition) is 2. The van der Waals surface area contributed by atoms with E-state index in [1.54, 1.807) is 12.1 Å². The molecule has 2 bridgehead atoms. The number of hydrogen-bond donors (Lipinski definition) is 2. The van der Waals surface area contributed by atoms with E-state index in [-0.39, 0.29) is 12.4 Å². The van der Waals surface area contributed by atoms with Gasteiger partial charge >= 0.3 is 0 Å². The number of fused-ring (bicyclic) bond motifs is 5. The van der Waals surface area contributed by atoms with Gasteiger partial charge < -0.3 is 10.8 Å². The van der Waals surface area contributed by atoms with Crippen molar-refractivity contribution in [2.45, 2.75) is 31.3 Å². The molecule has 0 aliphatic heterocycles. The summed E-state index contributed by atoms with van der Waals surface area (Å²) in [5.41, 5.74) is 6.25.